The molecule has 0 saturated heterocycles. The van der Waals surface area contributed by atoms with Crippen LogP contribution in [0.5, 0.6) is 0 Å². The SMILES string of the molecule is C.Cc1ccc(-c2cccc([Si](c3ccccc3)(c3ccccc3)c3ccccc3)c2)cc1. The normalized spacial score (nSPS) is 10.9. The van der Waals surface area contributed by atoms with Crippen LogP contribution in [0.15, 0.2) is 140 Å². The first-order chi connectivity index (χ1) is 15.8. The molecule has 0 aliphatic rings. The summed E-state index contributed by atoms with van der Waals surface area (Å²) < 4.78 is 0. The molecule has 1 heteroatoms. The van der Waals surface area contributed by atoms with Gasteiger partial charge in [0.15, 0.2) is 8.07 Å². The van der Waals surface area contributed by atoms with Gasteiger partial charge < -0.3 is 0 Å². The van der Waals surface area contributed by atoms with E-state index in [1.54, 1.807) is 0 Å². The summed E-state index contributed by atoms with van der Waals surface area (Å²) in [5.41, 5.74) is 3.81. The van der Waals surface area contributed by atoms with Gasteiger partial charge in [-0.1, -0.05) is 153 Å². The van der Waals surface area contributed by atoms with E-state index >= 15 is 0 Å². The molecule has 33 heavy (non-hydrogen) atoms. The van der Waals surface area contributed by atoms with E-state index in [4.69, 9.17) is 0 Å². The van der Waals surface area contributed by atoms with E-state index in [9.17, 15) is 0 Å². The zero-order valence-corrected chi connectivity index (χ0v) is 19.3. The minimum Gasteiger partial charge on any atom is -0.0776 e. The van der Waals surface area contributed by atoms with Crippen molar-refractivity contribution in [3.05, 3.63) is 145 Å². The lowest BCUT2D eigenvalue weighted by atomic mass is 10.0. The molecule has 0 bridgehead atoms. The van der Waals surface area contributed by atoms with Gasteiger partial charge >= 0.3 is 0 Å². The Balaban J connectivity index is 0.00000259. The quantitative estimate of drug-likeness (QED) is 0.243. The van der Waals surface area contributed by atoms with Crippen LogP contribution >= 0.6 is 0 Å². The van der Waals surface area contributed by atoms with Crippen molar-refractivity contribution in [2.45, 2.75) is 14.4 Å². The Kier molecular flexibility index (Phi) is 6.72. The Hall–Kier alpha value is -3.68. The molecule has 0 heterocycles. The first-order valence-corrected chi connectivity index (χ1v) is 13.1. The maximum atomic E-state index is 2.42. The molecule has 5 rings (SSSR count). The number of hydrogen-bond donors (Lipinski definition) is 0. The van der Waals surface area contributed by atoms with Crippen molar-refractivity contribution in [3.8, 4) is 11.1 Å². The van der Waals surface area contributed by atoms with E-state index < -0.39 is 8.07 Å². The summed E-state index contributed by atoms with van der Waals surface area (Å²) in [6.07, 6.45) is 0. The van der Waals surface area contributed by atoms with Gasteiger partial charge in [0, 0.05) is 0 Å². The molecule has 0 nitrogen and oxygen atoms in total. The van der Waals surface area contributed by atoms with Crippen LogP contribution in [0.4, 0.5) is 0 Å². The fourth-order valence-corrected chi connectivity index (χ4v) is 9.54. The molecule has 162 valence electrons. The van der Waals surface area contributed by atoms with E-state index in [1.165, 1.54) is 37.4 Å². The van der Waals surface area contributed by atoms with E-state index in [2.05, 4.69) is 146 Å². The van der Waals surface area contributed by atoms with Crippen molar-refractivity contribution in [1.82, 2.24) is 0 Å². The molecule has 0 atom stereocenters. The molecule has 0 aliphatic carbocycles. The minimum absolute atomic E-state index is 0. The van der Waals surface area contributed by atoms with Crippen LogP contribution in [0.3, 0.4) is 0 Å². The van der Waals surface area contributed by atoms with Crippen molar-refractivity contribution in [3.63, 3.8) is 0 Å². The van der Waals surface area contributed by atoms with Gasteiger partial charge in [0.05, 0.1) is 0 Å². The smallest absolute Gasteiger partial charge is 0.0776 e. The Morgan fingerprint density at radius 1 is 0.394 bits per heavy atom. The highest BCUT2D eigenvalue weighted by molar-refractivity contribution is 7.19. The van der Waals surface area contributed by atoms with Crippen molar-refractivity contribution >= 4 is 28.8 Å². The third kappa shape index (κ3) is 4.20. The molecule has 0 spiro atoms. The van der Waals surface area contributed by atoms with Gasteiger partial charge in [-0.25, -0.2) is 0 Å². The average Bonchev–Trinajstić information content (AvgIpc) is 2.87. The lowest BCUT2D eigenvalue weighted by molar-refractivity contribution is 1.47. The highest BCUT2D eigenvalue weighted by atomic mass is 28.3. The van der Waals surface area contributed by atoms with Crippen LogP contribution in [0.25, 0.3) is 11.1 Å². The molecule has 0 fully saturated rings. The third-order valence-corrected chi connectivity index (χ3v) is 11.1. The lowest BCUT2D eigenvalue weighted by Gasteiger charge is -2.34. The van der Waals surface area contributed by atoms with Gasteiger partial charge in [-0.05, 0) is 38.8 Å². The van der Waals surface area contributed by atoms with Gasteiger partial charge in [-0.2, -0.15) is 0 Å². The minimum atomic E-state index is -2.48. The maximum Gasteiger partial charge on any atom is 0.179 e. The third-order valence-electron chi connectivity index (χ3n) is 6.30. The second-order valence-corrected chi connectivity index (χ2v) is 12.1. The molecular weight excluding hydrogens is 412 g/mol. The highest BCUT2D eigenvalue weighted by Crippen LogP contribution is 2.20. The van der Waals surface area contributed by atoms with Crippen molar-refractivity contribution in [1.29, 1.82) is 0 Å². The Bertz CT molecular complexity index is 1190. The second kappa shape index (κ2) is 9.85. The predicted molar refractivity (Wildman–Crippen MR) is 147 cm³/mol. The number of aryl methyl sites for hydroxylation is 1. The van der Waals surface area contributed by atoms with E-state index in [-0.39, 0.29) is 7.43 Å². The molecule has 0 unspecified atom stereocenters. The largest absolute Gasteiger partial charge is 0.179 e. The molecule has 0 radical (unpaired) electrons. The highest BCUT2D eigenvalue weighted by Gasteiger charge is 2.41. The first-order valence-electron chi connectivity index (χ1n) is 11.1. The van der Waals surface area contributed by atoms with Gasteiger partial charge in [0.1, 0.15) is 0 Å². The maximum absolute atomic E-state index is 2.48. The number of hydrogen-bond acceptors (Lipinski definition) is 0. The fourth-order valence-electron chi connectivity index (χ4n) is 4.74. The van der Waals surface area contributed by atoms with E-state index in [1.807, 2.05) is 0 Å². The monoisotopic (exact) mass is 442 g/mol. The zero-order valence-electron chi connectivity index (χ0n) is 18.3. The number of benzene rings is 5. The second-order valence-electron chi connectivity index (χ2n) is 8.29. The lowest BCUT2D eigenvalue weighted by Crippen LogP contribution is -2.74. The van der Waals surface area contributed by atoms with Crippen LogP contribution in [-0.2, 0) is 0 Å². The topological polar surface area (TPSA) is 0 Å². The van der Waals surface area contributed by atoms with E-state index in [0.717, 1.165) is 0 Å². The summed E-state index contributed by atoms with van der Waals surface area (Å²) in [6, 6.07) is 51.3. The van der Waals surface area contributed by atoms with Crippen molar-refractivity contribution < 1.29 is 0 Å². The molecule has 0 N–H and O–H groups in total. The molecule has 5 aromatic carbocycles. The van der Waals surface area contributed by atoms with Gasteiger partial charge in [-0.15, -0.1) is 0 Å². The summed E-state index contributed by atoms with van der Waals surface area (Å²) in [5.74, 6) is 0. The first kappa shape index (κ1) is 22.5. The Labute approximate surface area is 199 Å². The fraction of sp³-hybridized carbons (Fsp3) is 0.0625. The van der Waals surface area contributed by atoms with Gasteiger partial charge in [0.25, 0.3) is 0 Å². The molecule has 0 aliphatic heterocycles. The molecule has 0 aromatic heterocycles. The standard InChI is InChI=1S/C31H26Si.CH4/c1-25-20-22-26(23-21-25)27-12-11-19-31(24-27)32(28-13-5-2-6-14-28,29-15-7-3-8-16-29)30-17-9-4-10-18-30;/h2-24H,1H3;1H4. The summed E-state index contributed by atoms with van der Waals surface area (Å²) in [6.45, 7) is 2.14. The predicted octanol–water partition coefficient (Wildman–Crippen LogP) is 5.68. The van der Waals surface area contributed by atoms with Gasteiger partial charge in [-0.3, -0.25) is 0 Å². The van der Waals surface area contributed by atoms with Gasteiger partial charge in [0.2, 0.25) is 0 Å². The summed E-state index contributed by atoms with van der Waals surface area (Å²) in [7, 11) is -2.48. The summed E-state index contributed by atoms with van der Waals surface area (Å²) in [4.78, 5) is 0. The molecule has 5 aromatic rings. The average molecular weight is 443 g/mol. The van der Waals surface area contributed by atoms with Crippen LogP contribution in [0.2, 0.25) is 0 Å². The van der Waals surface area contributed by atoms with Crippen molar-refractivity contribution in [2.75, 3.05) is 0 Å². The van der Waals surface area contributed by atoms with Crippen LogP contribution in [0, 0.1) is 6.92 Å². The van der Waals surface area contributed by atoms with Crippen LogP contribution < -0.4 is 20.7 Å². The molecule has 0 saturated carbocycles. The summed E-state index contributed by atoms with van der Waals surface area (Å²) >= 11 is 0. The zero-order chi connectivity index (χ0) is 21.8. The molecule has 0 amide bonds. The van der Waals surface area contributed by atoms with E-state index in [0.29, 0.717) is 0 Å². The molecular formula is C32H30Si. The summed E-state index contributed by atoms with van der Waals surface area (Å²) in [5, 5.41) is 5.61. The van der Waals surface area contributed by atoms with Crippen molar-refractivity contribution in [2.24, 2.45) is 0 Å². The van der Waals surface area contributed by atoms with Crippen LogP contribution in [-0.4, -0.2) is 8.07 Å². The Morgan fingerprint density at radius 2 is 0.818 bits per heavy atom. The number of rotatable bonds is 5. The van der Waals surface area contributed by atoms with Crippen LogP contribution in [0.1, 0.15) is 13.0 Å². The Morgan fingerprint density at radius 3 is 1.27 bits per heavy atom.